The standard InChI is InChI=1S/C29H31N5O2S/c1-19-9-7-10-20(2)27(19)25-16-26(34(17-21(3)30)18-22-11-5-4-6-12-22)32-29(31-25)33-37-24-14-8-13-23(15-24)28(35)36/h4-16,21H,17-18,30H2,1-3H3,(H,35,36)(H,31,32,33). The van der Waals surface area contributed by atoms with E-state index in [0.717, 1.165) is 38.7 Å². The summed E-state index contributed by atoms with van der Waals surface area (Å²) >= 11 is 1.27. The number of carboxylic acid groups (broad SMARTS) is 1. The maximum absolute atomic E-state index is 11.4. The van der Waals surface area contributed by atoms with E-state index in [0.29, 0.717) is 19.0 Å². The van der Waals surface area contributed by atoms with E-state index in [1.54, 1.807) is 18.2 Å². The quantitative estimate of drug-likeness (QED) is 0.224. The Balaban J connectivity index is 1.74. The molecule has 0 amide bonds. The van der Waals surface area contributed by atoms with Gasteiger partial charge in [0.2, 0.25) is 5.95 Å². The van der Waals surface area contributed by atoms with Crippen LogP contribution in [0.5, 0.6) is 0 Å². The molecular weight excluding hydrogens is 482 g/mol. The van der Waals surface area contributed by atoms with Gasteiger partial charge in [0.15, 0.2) is 0 Å². The molecule has 0 aliphatic rings. The second-order valence-electron chi connectivity index (χ2n) is 9.08. The van der Waals surface area contributed by atoms with E-state index in [4.69, 9.17) is 15.7 Å². The number of aryl methyl sites for hydroxylation is 2. The van der Waals surface area contributed by atoms with Crippen LogP contribution < -0.4 is 15.4 Å². The molecule has 0 aliphatic heterocycles. The van der Waals surface area contributed by atoms with Gasteiger partial charge in [-0.25, -0.2) is 9.78 Å². The minimum Gasteiger partial charge on any atom is -0.478 e. The zero-order valence-electron chi connectivity index (χ0n) is 21.2. The zero-order chi connectivity index (χ0) is 26.4. The molecule has 0 fully saturated rings. The molecular formula is C29H31N5O2S. The first-order valence-electron chi connectivity index (χ1n) is 12.1. The van der Waals surface area contributed by atoms with Crippen molar-refractivity contribution in [2.75, 3.05) is 16.2 Å². The molecule has 0 spiro atoms. The number of aromatic carboxylic acids is 1. The fraction of sp³-hybridized carbons (Fsp3) is 0.207. The first-order chi connectivity index (χ1) is 17.8. The van der Waals surface area contributed by atoms with Gasteiger partial charge in [-0.1, -0.05) is 54.6 Å². The highest BCUT2D eigenvalue weighted by atomic mass is 32.2. The van der Waals surface area contributed by atoms with Crippen LogP contribution in [0.4, 0.5) is 11.8 Å². The van der Waals surface area contributed by atoms with Crippen LogP contribution >= 0.6 is 11.9 Å². The fourth-order valence-electron chi connectivity index (χ4n) is 4.18. The highest BCUT2D eigenvalue weighted by Crippen LogP contribution is 2.31. The second-order valence-corrected chi connectivity index (χ2v) is 9.96. The molecule has 7 nitrogen and oxygen atoms in total. The van der Waals surface area contributed by atoms with Crippen LogP contribution in [0.15, 0.2) is 83.8 Å². The van der Waals surface area contributed by atoms with Gasteiger partial charge in [0.25, 0.3) is 0 Å². The number of hydrogen-bond acceptors (Lipinski definition) is 7. The number of nitrogens with zero attached hydrogens (tertiary/aromatic N) is 3. The van der Waals surface area contributed by atoms with Gasteiger partial charge in [0.05, 0.1) is 11.3 Å². The van der Waals surface area contributed by atoms with Crippen LogP contribution in [0, 0.1) is 13.8 Å². The third-order valence-electron chi connectivity index (χ3n) is 5.84. The lowest BCUT2D eigenvalue weighted by Gasteiger charge is -2.27. The van der Waals surface area contributed by atoms with Crippen LogP contribution in [0.25, 0.3) is 11.3 Å². The average molecular weight is 514 g/mol. The summed E-state index contributed by atoms with van der Waals surface area (Å²) in [6, 6.07) is 25.1. The van der Waals surface area contributed by atoms with Crippen molar-refractivity contribution < 1.29 is 9.90 Å². The SMILES string of the molecule is Cc1cccc(C)c1-c1cc(N(Cc2ccccc2)CC(C)N)nc(NSc2cccc(C(=O)O)c2)n1. The Morgan fingerprint density at radius 1 is 1.00 bits per heavy atom. The number of carboxylic acids is 1. The molecule has 190 valence electrons. The summed E-state index contributed by atoms with van der Waals surface area (Å²) in [6.07, 6.45) is 0. The highest BCUT2D eigenvalue weighted by molar-refractivity contribution is 8.00. The van der Waals surface area contributed by atoms with Crippen molar-refractivity contribution in [3.8, 4) is 11.3 Å². The first kappa shape index (κ1) is 26.2. The molecule has 1 heterocycles. The Kier molecular flexibility index (Phi) is 8.43. The van der Waals surface area contributed by atoms with E-state index >= 15 is 0 Å². The van der Waals surface area contributed by atoms with Gasteiger partial charge in [0, 0.05) is 35.7 Å². The van der Waals surface area contributed by atoms with Crippen molar-refractivity contribution in [2.45, 2.75) is 38.3 Å². The van der Waals surface area contributed by atoms with Crippen LogP contribution in [-0.4, -0.2) is 33.6 Å². The Morgan fingerprint density at radius 2 is 1.70 bits per heavy atom. The van der Waals surface area contributed by atoms with E-state index in [1.807, 2.05) is 43.3 Å². The Morgan fingerprint density at radius 3 is 2.38 bits per heavy atom. The number of aromatic nitrogens is 2. The third kappa shape index (κ3) is 6.87. The fourth-order valence-corrected chi connectivity index (χ4v) is 4.81. The predicted molar refractivity (Wildman–Crippen MR) is 151 cm³/mol. The molecule has 4 N–H and O–H groups in total. The summed E-state index contributed by atoms with van der Waals surface area (Å²) in [6.45, 7) is 7.40. The van der Waals surface area contributed by atoms with Gasteiger partial charge in [-0.2, -0.15) is 4.98 Å². The number of anilines is 2. The van der Waals surface area contributed by atoms with Crippen LogP contribution in [0.1, 0.15) is 34.0 Å². The molecule has 0 saturated carbocycles. The molecule has 37 heavy (non-hydrogen) atoms. The molecule has 0 radical (unpaired) electrons. The summed E-state index contributed by atoms with van der Waals surface area (Å²) in [5, 5.41) is 9.33. The first-order valence-corrected chi connectivity index (χ1v) is 12.9. The topological polar surface area (TPSA) is 104 Å². The van der Waals surface area contributed by atoms with Crippen molar-refractivity contribution >= 4 is 29.7 Å². The third-order valence-corrected chi connectivity index (χ3v) is 6.61. The number of rotatable bonds is 10. The molecule has 0 saturated heterocycles. The normalized spacial score (nSPS) is 11.7. The van der Waals surface area contributed by atoms with E-state index in [9.17, 15) is 9.90 Å². The summed E-state index contributed by atoms with van der Waals surface area (Å²) in [5.74, 6) is 0.227. The van der Waals surface area contributed by atoms with Gasteiger partial charge in [-0.05, 0) is 67.6 Å². The van der Waals surface area contributed by atoms with Crippen molar-refractivity contribution in [3.05, 3.63) is 101 Å². The molecule has 1 unspecified atom stereocenters. The van der Waals surface area contributed by atoms with Crippen LogP contribution in [-0.2, 0) is 6.54 Å². The van der Waals surface area contributed by atoms with Crippen molar-refractivity contribution in [2.24, 2.45) is 5.73 Å². The summed E-state index contributed by atoms with van der Waals surface area (Å²) in [5.41, 5.74) is 11.7. The highest BCUT2D eigenvalue weighted by Gasteiger charge is 2.17. The van der Waals surface area contributed by atoms with Gasteiger partial charge in [-0.15, -0.1) is 0 Å². The monoisotopic (exact) mass is 513 g/mol. The minimum absolute atomic E-state index is 0.0631. The molecule has 0 aliphatic carbocycles. The van der Waals surface area contributed by atoms with E-state index < -0.39 is 5.97 Å². The Bertz CT molecular complexity index is 1360. The molecule has 1 atom stereocenters. The van der Waals surface area contributed by atoms with E-state index in [-0.39, 0.29) is 11.6 Å². The van der Waals surface area contributed by atoms with Gasteiger partial charge >= 0.3 is 5.97 Å². The lowest BCUT2D eigenvalue weighted by molar-refractivity contribution is 0.0696. The number of carbonyl (C=O) groups is 1. The van der Waals surface area contributed by atoms with E-state index in [1.165, 1.54) is 11.9 Å². The van der Waals surface area contributed by atoms with Crippen molar-refractivity contribution in [3.63, 3.8) is 0 Å². The number of hydrogen-bond donors (Lipinski definition) is 3. The lowest BCUT2D eigenvalue weighted by Crippen LogP contribution is -2.36. The zero-order valence-corrected chi connectivity index (χ0v) is 22.0. The molecule has 4 rings (SSSR count). The molecule has 8 heteroatoms. The summed E-state index contributed by atoms with van der Waals surface area (Å²) in [7, 11) is 0. The lowest BCUT2D eigenvalue weighted by atomic mass is 10.00. The van der Waals surface area contributed by atoms with Crippen molar-refractivity contribution in [1.82, 2.24) is 9.97 Å². The Labute approximate surface area is 221 Å². The summed E-state index contributed by atoms with van der Waals surface area (Å²) < 4.78 is 3.23. The predicted octanol–water partition coefficient (Wildman–Crippen LogP) is 5.93. The van der Waals surface area contributed by atoms with Crippen molar-refractivity contribution in [1.29, 1.82) is 0 Å². The van der Waals surface area contributed by atoms with Crippen LogP contribution in [0.2, 0.25) is 0 Å². The number of benzene rings is 3. The van der Waals surface area contributed by atoms with Gasteiger partial charge < -0.3 is 15.7 Å². The second kappa shape index (κ2) is 11.9. The largest absolute Gasteiger partial charge is 0.478 e. The maximum Gasteiger partial charge on any atom is 0.335 e. The smallest absolute Gasteiger partial charge is 0.335 e. The van der Waals surface area contributed by atoms with Crippen LogP contribution in [0.3, 0.4) is 0 Å². The van der Waals surface area contributed by atoms with Gasteiger partial charge in [0.1, 0.15) is 5.82 Å². The molecule has 3 aromatic carbocycles. The average Bonchev–Trinajstić information content (AvgIpc) is 2.87. The Hall–Kier alpha value is -3.88. The van der Waals surface area contributed by atoms with Gasteiger partial charge in [-0.3, -0.25) is 4.72 Å². The summed E-state index contributed by atoms with van der Waals surface area (Å²) in [4.78, 5) is 24.0. The van der Waals surface area contributed by atoms with E-state index in [2.05, 4.69) is 47.7 Å². The molecule has 0 bridgehead atoms. The molecule has 1 aromatic heterocycles. The number of nitrogens with one attached hydrogen (secondary N) is 1. The molecule has 4 aromatic rings. The minimum atomic E-state index is -0.967. The number of nitrogens with two attached hydrogens (primary N) is 1. The maximum atomic E-state index is 11.4.